The van der Waals surface area contributed by atoms with E-state index in [1.807, 2.05) is 18.4 Å². The van der Waals surface area contributed by atoms with Gasteiger partial charge in [0.2, 0.25) is 10.0 Å². The molecular formula is C9H12N2O2S2. The Morgan fingerprint density at radius 1 is 1.67 bits per heavy atom. The number of nitrogens with one attached hydrogen (secondary N) is 1. The van der Waals surface area contributed by atoms with Crippen molar-refractivity contribution < 1.29 is 8.42 Å². The summed E-state index contributed by atoms with van der Waals surface area (Å²) in [6, 6.07) is 3.64. The van der Waals surface area contributed by atoms with Crippen LogP contribution in [0.5, 0.6) is 0 Å². The zero-order chi connectivity index (χ0) is 11.5. The Balaban J connectivity index is 2.67. The van der Waals surface area contributed by atoms with Crippen molar-refractivity contribution in [3.8, 4) is 6.07 Å². The highest BCUT2D eigenvalue weighted by Gasteiger charge is 2.19. The van der Waals surface area contributed by atoms with E-state index >= 15 is 0 Å². The third kappa shape index (κ3) is 3.02. The van der Waals surface area contributed by atoms with Crippen molar-refractivity contribution in [1.82, 2.24) is 4.72 Å². The number of sulfonamides is 1. The van der Waals surface area contributed by atoms with E-state index in [1.54, 1.807) is 6.07 Å². The number of nitrogens with zero attached hydrogens (tertiary/aromatic N) is 1. The molecule has 0 spiro atoms. The second kappa shape index (κ2) is 4.75. The lowest BCUT2D eigenvalue weighted by atomic mass is 10.3. The van der Waals surface area contributed by atoms with Crippen LogP contribution in [0.25, 0.3) is 0 Å². The Morgan fingerprint density at radius 2 is 2.33 bits per heavy atom. The zero-order valence-corrected chi connectivity index (χ0v) is 10.2. The average molecular weight is 244 g/mol. The first-order valence-corrected chi connectivity index (χ1v) is 6.81. The molecule has 0 radical (unpaired) electrons. The molecule has 1 heterocycles. The molecule has 0 saturated carbocycles. The van der Waals surface area contributed by atoms with Crippen LogP contribution >= 0.6 is 11.3 Å². The molecule has 0 aliphatic heterocycles. The summed E-state index contributed by atoms with van der Waals surface area (Å²) in [7, 11) is -3.51. The van der Waals surface area contributed by atoms with Crippen LogP contribution in [-0.4, -0.2) is 13.7 Å². The van der Waals surface area contributed by atoms with E-state index in [9.17, 15) is 8.42 Å². The molecule has 0 aliphatic rings. The maximum absolute atomic E-state index is 11.4. The van der Waals surface area contributed by atoms with Gasteiger partial charge in [0.25, 0.3) is 0 Å². The topological polar surface area (TPSA) is 70.0 Å². The van der Waals surface area contributed by atoms with Crippen molar-refractivity contribution in [2.24, 2.45) is 0 Å². The fourth-order valence-corrected chi connectivity index (χ4v) is 2.62. The fraction of sp³-hybridized carbons (Fsp3) is 0.444. The molecule has 1 rings (SSSR count). The molecule has 1 atom stereocenters. The number of nitriles is 1. The van der Waals surface area contributed by atoms with Crippen molar-refractivity contribution in [3.05, 3.63) is 21.9 Å². The predicted octanol–water partition coefficient (Wildman–Crippen LogP) is 1.39. The fourth-order valence-electron chi connectivity index (χ4n) is 0.946. The molecule has 0 aliphatic carbocycles. The molecule has 0 amide bonds. The normalized spacial score (nSPS) is 13.4. The van der Waals surface area contributed by atoms with Crippen LogP contribution in [0.4, 0.5) is 0 Å². The first kappa shape index (κ1) is 12.2. The zero-order valence-electron chi connectivity index (χ0n) is 8.52. The second-order valence-corrected chi connectivity index (χ2v) is 6.25. The van der Waals surface area contributed by atoms with E-state index in [-0.39, 0.29) is 6.54 Å². The van der Waals surface area contributed by atoms with Crippen LogP contribution in [0.2, 0.25) is 0 Å². The van der Waals surface area contributed by atoms with Crippen LogP contribution in [0.15, 0.2) is 11.4 Å². The average Bonchev–Trinajstić information content (AvgIpc) is 2.60. The monoisotopic (exact) mass is 244 g/mol. The van der Waals surface area contributed by atoms with Crippen molar-refractivity contribution in [3.63, 3.8) is 0 Å². The summed E-state index contributed by atoms with van der Waals surface area (Å²) in [5.41, 5.74) is 1.06. The van der Waals surface area contributed by atoms with Gasteiger partial charge < -0.3 is 0 Å². The minimum Gasteiger partial charge on any atom is -0.211 e. The molecule has 0 aromatic carbocycles. The lowest BCUT2D eigenvalue weighted by Crippen LogP contribution is -2.31. The highest BCUT2D eigenvalue weighted by Crippen LogP contribution is 2.15. The lowest BCUT2D eigenvalue weighted by molar-refractivity contribution is 0.577. The third-order valence-corrected chi connectivity index (χ3v) is 4.66. The summed E-state index contributed by atoms with van der Waals surface area (Å²) < 4.78 is 25.3. The molecule has 0 saturated heterocycles. The Labute approximate surface area is 93.6 Å². The van der Waals surface area contributed by atoms with Gasteiger partial charge in [-0.3, -0.25) is 0 Å². The molecular weight excluding hydrogens is 232 g/mol. The Bertz CT molecular complexity index is 471. The van der Waals surface area contributed by atoms with Crippen LogP contribution in [0.1, 0.15) is 17.4 Å². The molecule has 6 heteroatoms. The lowest BCUT2D eigenvalue weighted by Gasteiger charge is -2.07. The summed E-state index contributed by atoms with van der Waals surface area (Å²) >= 11 is 1.50. The molecule has 4 nitrogen and oxygen atoms in total. The number of hydrogen-bond acceptors (Lipinski definition) is 4. The van der Waals surface area contributed by atoms with E-state index < -0.39 is 15.3 Å². The number of rotatable bonds is 4. The molecule has 1 N–H and O–H groups in total. The largest absolute Gasteiger partial charge is 0.228 e. The van der Waals surface area contributed by atoms with Crippen LogP contribution in [0, 0.1) is 18.3 Å². The van der Waals surface area contributed by atoms with Gasteiger partial charge in [0, 0.05) is 11.4 Å². The first-order valence-electron chi connectivity index (χ1n) is 4.38. The van der Waals surface area contributed by atoms with Crippen molar-refractivity contribution in [2.45, 2.75) is 25.6 Å². The van der Waals surface area contributed by atoms with E-state index in [0.29, 0.717) is 0 Å². The minimum atomic E-state index is -3.51. The maximum atomic E-state index is 11.4. The van der Waals surface area contributed by atoms with Crippen molar-refractivity contribution in [2.75, 3.05) is 0 Å². The standard InChI is InChI=1S/C9H12N2O2S2/c1-7-3-4-14-9(7)6-11-15(12,13)8(2)5-10/h3-4,8,11H,6H2,1-2H3. The first-order chi connectivity index (χ1) is 6.97. The van der Waals surface area contributed by atoms with Crippen LogP contribution < -0.4 is 4.72 Å². The molecule has 1 aromatic heterocycles. The van der Waals surface area contributed by atoms with Gasteiger partial charge >= 0.3 is 0 Å². The van der Waals surface area contributed by atoms with Gasteiger partial charge in [-0.05, 0) is 30.9 Å². The van der Waals surface area contributed by atoms with E-state index in [0.717, 1.165) is 10.4 Å². The summed E-state index contributed by atoms with van der Waals surface area (Å²) in [6.07, 6.45) is 0. The predicted molar refractivity (Wildman–Crippen MR) is 59.9 cm³/mol. The van der Waals surface area contributed by atoms with Crippen molar-refractivity contribution in [1.29, 1.82) is 5.26 Å². The number of hydrogen-bond donors (Lipinski definition) is 1. The van der Waals surface area contributed by atoms with Crippen LogP contribution in [0.3, 0.4) is 0 Å². The SMILES string of the molecule is Cc1ccsc1CNS(=O)(=O)C(C)C#N. The van der Waals surface area contributed by atoms with Crippen molar-refractivity contribution >= 4 is 21.4 Å². The molecule has 1 aromatic rings. The van der Waals surface area contributed by atoms with E-state index in [2.05, 4.69) is 4.72 Å². The van der Waals surface area contributed by atoms with Gasteiger partial charge in [-0.25, -0.2) is 13.1 Å². The Hall–Kier alpha value is -0.900. The highest BCUT2D eigenvalue weighted by molar-refractivity contribution is 7.90. The smallest absolute Gasteiger partial charge is 0.211 e. The van der Waals surface area contributed by atoms with Gasteiger partial charge in [0.1, 0.15) is 0 Å². The van der Waals surface area contributed by atoms with Gasteiger partial charge in [-0.1, -0.05) is 0 Å². The summed E-state index contributed by atoms with van der Waals surface area (Å²) in [5.74, 6) is 0. The highest BCUT2D eigenvalue weighted by atomic mass is 32.2. The number of thiophene rings is 1. The van der Waals surface area contributed by atoms with Gasteiger partial charge in [0.05, 0.1) is 6.07 Å². The van der Waals surface area contributed by atoms with E-state index in [4.69, 9.17) is 5.26 Å². The Morgan fingerprint density at radius 3 is 2.80 bits per heavy atom. The van der Waals surface area contributed by atoms with Gasteiger partial charge in [-0.2, -0.15) is 5.26 Å². The van der Waals surface area contributed by atoms with Gasteiger partial charge in [-0.15, -0.1) is 11.3 Å². The Kier molecular flexibility index (Phi) is 3.85. The van der Waals surface area contributed by atoms with Crippen LogP contribution in [-0.2, 0) is 16.6 Å². The molecule has 1 unspecified atom stereocenters. The summed E-state index contributed by atoms with van der Waals surface area (Å²) in [6.45, 7) is 3.55. The summed E-state index contributed by atoms with van der Waals surface area (Å²) in [4.78, 5) is 0.976. The molecule has 0 bridgehead atoms. The number of aryl methyl sites for hydroxylation is 1. The maximum Gasteiger partial charge on any atom is 0.228 e. The third-order valence-electron chi connectivity index (χ3n) is 2.05. The van der Waals surface area contributed by atoms with E-state index in [1.165, 1.54) is 18.3 Å². The molecule has 82 valence electrons. The minimum absolute atomic E-state index is 0.262. The molecule has 15 heavy (non-hydrogen) atoms. The second-order valence-electron chi connectivity index (χ2n) is 3.16. The molecule has 0 fully saturated rings. The van der Waals surface area contributed by atoms with Gasteiger partial charge in [0.15, 0.2) is 5.25 Å². The quantitative estimate of drug-likeness (QED) is 0.870. The summed E-state index contributed by atoms with van der Waals surface area (Å²) in [5, 5.41) is 9.41.